The highest BCUT2D eigenvalue weighted by atomic mass is 16.2. The maximum Gasteiger partial charge on any atom is 0.320 e. The molecule has 3 amide bonds. The monoisotopic (exact) mass is 282 g/mol. The second kappa shape index (κ2) is 6.92. The van der Waals surface area contributed by atoms with E-state index in [2.05, 4.69) is 5.32 Å². The first-order valence-corrected chi connectivity index (χ1v) is 7.70. The standard InChI is InChI=1S/C14H26N4O2/c1-3-16(4-2)14(20)18-9-7-17(8-10-18)13(19)11-15-12-5-6-12/h12,15H,3-11H2,1-2H3. The molecule has 0 aromatic carbocycles. The fourth-order valence-corrected chi connectivity index (χ4v) is 2.47. The Bertz CT molecular complexity index is 345. The molecule has 0 atom stereocenters. The summed E-state index contributed by atoms with van der Waals surface area (Å²) < 4.78 is 0. The van der Waals surface area contributed by atoms with Crippen LogP contribution in [0.15, 0.2) is 0 Å². The molecular weight excluding hydrogens is 256 g/mol. The van der Waals surface area contributed by atoms with Gasteiger partial charge in [0.05, 0.1) is 6.54 Å². The van der Waals surface area contributed by atoms with E-state index in [1.54, 1.807) is 0 Å². The van der Waals surface area contributed by atoms with Crippen molar-refractivity contribution in [2.24, 2.45) is 0 Å². The van der Waals surface area contributed by atoms with Crippen LogP contribution >= 0.6 is 0 Å². The van der Waals surface area contributed by atoms with Gasteiger partial charge in [0.2, 0.25) is 5.91 Å². The third kappa shape index (κ3) is 3.85. The number of carbonyl (C=O) groups is 2. The number of hydrogen-bond donors (Lipinski definition) is 1. The molecule has 1 heterocycles. The van der Waals surface area contributed by atoms with Gasteiger partial charge in [0.15, 0.2) is 0 Å². The van der Waals surface area contributed by atoms with Crippen LogP contribution < -0.4 is 5.32 Å². The van der Waals surface area contributed by atoms with Crippen molar-refractivity contribution >= 4 is 11.9 Å². The lowest BCUT2D eigenvalue weighted by Crippen LogP contribution is -2.55. The molecule has 0 spiro atoms. The summed E-state index contributed by atoms with van der Waals surface area (Å²) in [5, 5.41) is 3.24. The minimum Gasteiger partial charge on any atom is -0.338 e. The second-order valence-corrected chi connectivity index (χ2v) is 5.48. The van der Waals surface area contributed by atoms with E-state index in [4.69, 9.17) is 0 Å². The zero-order valence-corrected chi connectivity index (χ0v) is 12.6. The molecule has 1 aliphatic carbocycles. The SMILES string of the molecule is CCN(CC)C(=O)N1CCN(C(=O)CNC2CC2)CC1. The van der Waals surface area contributed by atoms with Crippen molar-refractivity contribution in [3.63, 3.8) is 0 Å². The van der Waals surface area contributed by atoms with Crippen LogP contribution in [0.4, 0.5) is 4.79 Å². The lowest BCUT2D eigenvalue weighted by atomic mass is 10.3. The van der Waals surface area contributed by atoms with E-state index in [9.17, 15) is 9.59 Å². The Kier molecular flexibility index (Phi) is 5.23. The van der Waals surface area contributed by atoms with Crippen molar-refractivity contribution in [3.8, 4) is 0 Å². The first-order chi connectivity index (χ1) is 9.65. The average Bonchev–Trinajstić information content (AvgIpc) is 3.30. The lowest BCUT2D eigenvalue weighted by Gasteiger charge is -2.37. The summed E-state index contributed by atoms with van der Waals surface area (Å²) in [4.78, 5) is 29.7. The van der Waals surface area contributed by atoms with Gasteiger partial charge in [-0.15, -0.1) is 0 Å². The fourth-order valence-electron chi connectivity index (χ4n) is 2.47. The Morgan fingerprint density at radius 2 is 1.60 bits per heavy atom. The summed E-state index contributed by atoms with van der Waals surface area (Å²) in [7, 11) is 0. The molecule has 6 nitrogen and oxygen atoms in total. The Balaban J connectivity index is 1.73. The highest BCUT2D eigenvalue weighted by molar-refractivity contribution is 5.79. The van der Waals surface area contributed by atoms with Gasteiger partial charge in [0.1, 0.15) is 0 Å². The number of amides is 3. The van der Waals surface area contributed by atoms with E-state index in [-0.39, 0.29) is 11.9 Å². The highest BCUT2D eigenvalue weighted by Crippen LogP contribution is 2.18. The van der Waals surface area contributed by atoms with Crippen molar-refractivity contribution in [1.29, 1.82) is 0 Å². The van der Waals surface area contributed by atoms with Crippen molar-refractivity contribution < 1.29 is 9.59 Å². The second-order valence-electron chi connectivity index (χ2n) is 5.48. The van der Waals surface area contributed by atoms with Crippen LogP contribution in [0.3, 0.4) is 0 Å². The van der Waals surface area contributed by atoms with Crippen molar-refractivity contribution in [2.75, 3.05) is 45.8 Å². The molecule has 0 radical (unpaired) electrons. The maximum absolute atomic E-state index is 12.2. The zero-order chi connectivity index (χ0) is 14.5. The van der Waals surface area contributed by atoms with Gasteiger partial charge >= 0.3 is 6.03 Å². The van der Waals surface area contributed by atoms with Gasteiger partial charge < -0.3 is 20.0 Å². The molecule has 0 bridgehead atoms. The molecule has 0 unspecified atom stereocenters. The van der Waals surface area contributed by atoms with Crippen LogP contribution in [-0.2, 0) is 4.79 Å². The first-order valence-electron chi connectivity index (χ1n) is 7.70. The van der Waals surface area contributed by atoms with Gasteiger partial charge in [0, 0.05) is 45.3 Å². The highest BCUT2D eigenvalue weighted by Gasteiger charge is 2.27. The normalized spacial score (nSPS) is 19.1. The predicted octanol–water partition coefficient (Wildman–Crippen LogP) is 0.344. The predicted molar refractivity (Wildman–Crippen MR) is 77.5 cm³/mol. The van der Waals surface area contributed by atoms with Crippen molar-refractivity contribution in [3.05, 3.63) is 0 Å². The number of carbonyl (C=O) groups excluding carboxylic acids is 2. The summed E-state index contributed by atoms with van der Waals surface area (Å²) in [5.41, 5.74) is 0. The zero-order valence-electron chi connectivity index (χ0n) is 12.6. The number of urea groups is 1. The van der Waals surface area contributed by atoms with Crippen molar-refractivity contribution in [2.45, 2.75) is 32.7 Å². The number of nitrogens with zero attached hydrogens (tertiary/aromatic N) is 3. The van der Waals surface area contributed by atoms with Crippen LogP contribution in [0.1, 0.15) is 26.7 Å². The molecule has 6 heteroatoms. The Morgan fingerprint density at radius 3 is 2.10 bits per heavy atom. The van der Waals surface area contributed by atoms with Gasteiger partial charge in [-0.3, -0.25) is 4.79 Å². The third-order valence-corrected chi connectivity index (χ3v) is 4.06. The Labute approximate surface area is 121 Å². The topological polar surface area (TPSA) is 55.9 Å². The largest absolute Gasteiger partial charge is 0.338 e. The molecule has 2 aliphatic rings. The van der Waals surface area contributed by atoms with Crippen LogP contribution in [0.25, 0.3) is 0 Å². The molecule has 1 saturated heterocycles. The molecular formula is C14H26N4O2. The third-order valence-electron chi connectivity index (χ3n) is 4.06. The van der Waals surface area contributed by atoms with E-state index in [0.29, 0.717) is 38.8 Å². The summed E-state index contributed by atoms with van der Waals surface area (Å²) in [6, 6.07) is 0.655. The minimum atomic E-state index is 0.0956. The summed E-state index contributed by atoms with van der Waals surface area (Å²) in [6.45, 7) is 8.48. The molecule has 1 saturated carbocycles. The average molecular weight is 282 g/mol. The summed E-state index contributed by atoms with van der Waals surface area (Å²) >= 11 is 0. The molecule has 0 aromatic heterocycles. The molecule has 114 valence electrons. The fraction of sp³-hybridized carbons (Fsp3) is 0.857. The van der Waals surface area contributed by atoms with Crippen LogP contribution in [0, 0.1) is 0 Å². The van der Waals surface area contributed by atoms with E-state index in [1.807, 2.05) is 28.5 Å². The smallest absolute Gasteiger partial charge is 0.320 e. The van der Waals surface area contributed by atoms with Gasteiger partial charge in [-0.05, 0) is 26.7 Å². The van der Waals surface area contributed by atoms with Crippen LogP contribution in [-0.4, -0.2) is 78.5 Å². The Morgan fingerprint density at radius 1 is 1.05 bits per heavy atom. The molecule has 20 heavy (non-hydrogen) atoms. The molecule has 1 aliphatic heterocycles. The van der Waals surface area contributed by atoms with Gasteiger partial charge in [-0.25, -0.2) is 4.79 Å². The minimum absolute atomic E-state index is 0.0956. The number of nitrogens with one attached hydrogen (secondary N) is 1. The molecule has 1 N–H and O–H groups in total. The number of rotatable bonds is 5. The van der Waals surface area contributed by atoms with E-state index in [1.165, 1.54) is 12.8 Å². The summed E-state index contributed by atoms with van der Waals surface area (Å²) in [5.74, 6) is 0.159. The quantitative estimate of drug-likeness (QED) is 0.791. The van der Waals surface area contributed by atoms with Gasteiger partial charge in [-0.2, -0.15) is 0 Å². The van der Waals surface area contributed by atoms with Crippen molar-refractivity contribution in [1.82, 2.24) is 20.0 Å². The van der Waals surface area contributed by atoms with E-state index in [0.717, 1.165) is 13.1 Å². The maximum atomic E-state index is 12.2. The van der Waals surface area contributed by atoms with Gasteiger partial charge in [0.25, 0.3) is 0 Å². The van der Waals surface area contributed by atoms with E-state index >= 15 is 0 Å². The molecule has 0 aromatic rings. The molecule has 2 rings (SSSR count). The lowest BCUT2D eigenvalue weighted by molar-refractivity contribution is -0.131. The van der Waals surface area contributed by atoms with E-state index < -0.39 is 0 Å². The van der Waals surface area contributed by atoms with Gasteiger partial charge in [-0.1, -0.05) is 0 Å². The first kappa shape index (κ1) is 15.1. The van der Waals surface area contributed by atoms with Crippen LogP contribution in [0.2, 0.25) is 0 Å². The number of hydrogen-bond acceptors (Lipinski definition) is 3. The number of piperazine rings is 1. The van der Waals surface area contributed by atoms with Crippen LogP contribution in [0.5, 0.6) is 0 Å². The Hall–Kier alpha value is -1.30. The summed E-state index contributed by atoms with van der Waals surface area (Å²) in [6.07, 6.45) is 2.39. The molecule has 2 fully saturated rings.